The summed E-state index contributed by atoms with van der Waals surface area (Å²) in [5, 5.41) is 0. The van der Waals surface area contributed by atoms with Gasteiger partial charge in [-0.25, -0.2) is 13.2 Å². The predicted octanol–water partition coefficient (Wildman–Crippen LogP) is 6.31. The van der Waals surface area contributed by atoms with Crippen LogP contribution in [0, 0.1) is 23.4 Å². The maximum absolute atomic E-state index is 14.7. The van der Waals surface area contributed by atoms with Crippen molar-refractivity contribution < 1.29 is 22.6 Å². The van der Waals surface area contributed by atoms with E-state index in [1.807, 2.05) is 0 Å². The van der Waals surface area contributed by atoms with Crippen LogP contribution in [0.4, 0.5) is 13.2 Å². The Morgan fingerprint density at radius 2 is 1.86 bits per heavy atom. The topological polar surface area (TPSA) is 18.5 Å². The highest BCUT2D eigenvalue weighted by Gasteiger charge is 2.24. The van der Waals surface area contributed by atoms with Gasteiger partial charge in [-0.3, -0.25) is 0 Å². The van der Waals surface area contributed by atoms with E-state index in [2.05, 4.69) is 0 Å². The summed E-state index contributed by atoms with van der Waals surface area (Å²) < 4.78 is 54.3. The van der Waals surface area contributed by atoms with E-state index >= 15 is 0 Å². The highest BCUT2D eigenvalue weighted by atomic mass is 19.2. The number of halogens is 3. The minimum absolute atomic E-state index is 0.0426. The maximum Gasteiger partial charge on any atom is 0.167 e. The van der Waals surface area contributed by atoms with Crippen LogP contribution in [0.15, 0.2) is 36.4 Å². The van der Waals surface area contributed by atoms with Gasteiger partial charge in [-0.15, -0.1) is 0 Å². The number of methoxy groups -OCH3 is 1. The van der Waals surface area contributed by atoms with Crippen LogP contribution in [0.3, 0.4) is 0 Å². The standard InChI is InChI=1S/C23H25F3O2/c1-3-4-16-6-9-19(23(26)22(16)25)18-8-7-17(13-20(18)24)21-10-5-15(14-28-21)11-12-27-2/h3-4,6-9,13,15,21H,5,10-12,14H2,1-2H3/b4-3+. The number of benzene rings is 2. The molecule has 0 saturated carbocycles. The van der Waals surface area contributed by atoms with E-state index in [1.54, 1.807) is 26.2 Å². The smallest absolute Gasteiger partial charge is 0.167 e. The molecule has 28 heavy (non-hydrogen) atoms. The van der Waals surface area contributed by atoms with Crippen molar-refractivity contribution in [3.05, 3.63) is 65.0 Å². The van der Waals surface area contributed by atoms with E-state index in [0.29, 0.717) is 19.1 Å². The Morgan fingerprint density at radius 3 is 2.50 bits per heavy atom. The lowest BCUT2D eigenvalue weighted by molar-refractivity contribution is -0.0246. The SMILES string of the molecule is C/C=C/c1ccc(-c2ccc(C3CCC(CCOC)CO3)cc2F)c(F)c1F. The molecule has 0 radical (unpaired) electrons. The van der Waals surface area contributed by atoms with Crippen LogP contribution in [0.2, 0.25) is 0 Å². The van der Waals surface area contributed by atoms with E-state index in [4.69, 9.17) is 9.47 Å². The molecular formula is C23H25F3O2. The van der Waals surface area contributed by atoms with Crippen molar-refractivity contribution in [3.8, 4) is 11.1 Å². The molecule has 0 bridgehead atoms. The third-order valence-electron chi connectivity index (χ3n) is 5.21. The number of hydrogen-bond donors (Lipinski definition) is 0. The first kappa shape index (κ1) is 20.6. The van der Waals surface area contributed by atoms with E-state index < -0.39 is 17.5 Å². The lowest BCUT2D eigenvalue weighted by Crippen LogP contribution is -2.21. The van der Waals surface area contributed by atoms with Gasteiger partial charge in [0.25, 0.3) is 0 Å². The van der Waals surface area contributed by atoms with Crippen LogP contribution in [0.25, 0.3) is 17.2 Å². The lowest BCUT2D eigenvalue weighted by Gasteiger charge is -2.29. The second-order valence-corrected chi connectivity index (χ2v) is 7.12. The summed E-state index contributed by atoms with van der Waals surface area (Å²) in [6.45, 7) is 3.04. The molecule has 3 rings (SSSR count). The molecule has 0 spiro atoms. The molecule has 2 aromatic carbocycles. The fourth-order valence-electron chi connectivity index (χ4n) is 3.61. The van der Waals surface area contributed by atoms with Gasteiger partial charge in [0.15, 0.2) is 11.6 Å². The van der Waals surface area contributed by atoms with Crippen LogP contribution >= 0.6 is 0 Å². The Bertz CT molecular complexity index is 840. The van der Waals surface area contributed by atoms with Crippen molar-refractivity contribution in [3.63, 3.8) is 0 Å². The fraction of sp³-hybridized carbons (Fsp3) is 0.391. The van der Waals surface area contributed by atoms with Crippen LogP contribution < -0.4 is 0 Å². The minimum atomic E-state index is -1.04. The van der Waals surface area contributed by atoms with Crippen molar-refractivity contribution in [2.75, 3.05) is 20.3 Å². The molecule has 2 unspecified atom stereocenters. The second kappa shape index (κ2) is 9.39. The van der Waals surface area contributed by atoms with Gasteiger partial charge >= 0.3 is 0 Å². The summed E-state index contributed by atoms with van der Waals surface area (Å²) in [6, 6.07) is 7.45. The van der Waals surface area contributed by atoms with Crippen molar-refractivity contribution in [1.82, 2.24) is 0 Å². The molecule has 0 amide bonds. The lowest BCUT2D eigenvalue weighted by atomic mass is 9.91. The molecule has 2 nitrogen and oxygen atoms in total. The summed E-state index contributed by atoms with van der Waals surface area (Å²) >= 11 is 0. The van der Waals surface area contributed by atoms with Gasteiger partial charge in [0, 0.05) is 30.4 Å². The average Bonchev–Trinajstić information content (AvgIpc) is 2.71. The second-order valence-electron chi connectivity index (χ2n) is 7.12. The van der Waals surface area contributed by atoms with Gasteiger partial charge in [0.1, 0.15) is 5.82 Å². The van der Waals surface area contributed by atoms with Gasteiger partial charge in [-0.2, -0.15) is 0 Å². The number of ether oxygens (including phenoxy) is 2. The Balaban J connectivity index is 1.78. The minimum Gasteiger partial charge on any atom is -0.385 e. The summed E-state index contributed by atoms with van der Waals surface area (Å²) in [7, 11) is 1.68. The summed E-state index contributed by atoms with van der Waals surface area (Å²) in [4.78, 5) is 0. The fourth-order valence-corrected chi connectivity index (χ4v) is 3.61. The molecule has 1 heterocycles. The van der Waals surface area contributed by atoms with Crippen LogP contribution in [0.1, 0.15) is 43.4 Å². The highest BCUT2D eigenvalue weighted by Crippen LogP contribution is 2.35. The highest BCUT2D eigenvalue weighted by molar-refractivity contribution is 5.68. The Kier molecular flexibility index (Phi) is 6.92. The Morgan fingerprint density at radius 1 is 1.07 bits per heavy atom. The van der Waals surface area contributed by atoms with Gasteiger partial charge in [-0.05, 0) is 43.7 Å². The van der Waals surface area contributed by atoms with E-state index in [0.717, 1.165) is 24.8 Å². The zero-order valence-electron chi connectivity index (χ0n) is 16.2. The van der Waals surface area contributed by atoms with Crippen molar-refractivity contribution in [1.29, 1.82) is 0 Å². The molecule has 0 aromatic heterocycles. The summed E-state index contributed by atoms with van der Waals surface area (Å²) in [6.07, 6.45) is 5.65. The van der Waals surface area contributed by atoms with E-state index in [1.165, 1.54) is 30.3 Å². The first-order valence-corrected chi connectivity index (χ1v) is 9.56. The van der Waals surface area contributed by atoms with Gasteiger partial charge in [0.05, 0.1) is 12.7 Å². The molecule has 150 valence electrons. The zero-order chi connectivity index (χ0) is 20.1. The Labute approximate surface area is 164 Å². The zero-order valence-corrected chi connectivity index (χ0v) is 16.2. The average molecular weight is 390 g/mol. The Hall–Kier alpha value is -2.11. The van der Waals surface area contributed by atoms with Crippen LogP contribution in [0.5, 0.6) is 0 Å². The normalized spacial score (nSPS) is 20.0. The summed E-state index contributed by atoms with van der Waals surface area (Å²) in [5.74, 6) is -2.15. The molecule has 0 N–H and O–H groups in total. The van der Waals surface area contributed by atoms with E-state index in [9.17, 15) is 13.2 Å². The quantitative estimate of drug-likeness (QED) is 0.576. The van der Waals surface area contributed by atoms with Crippen molar-refractivity contribution in [2.24, 2.45) is 5.92 Å². The molecule has 1 aliphatic rings. The monoisotopic (exact) mass is 390 g/mol. The number of allylic oxidation sites excluding steroid dienone is 1. The maximum atomic E-state index is 14.7. The molecule has 5 heteroatoms. The number of rotatable bonds is 6. The molecule has 1 fully saturated rings. The van der Waals surface area contributed by atoms with Crippen LogP contribution in [-0.2, 0) is 9.47 Å². The molecule has 2 aromatic rings. The molecular weight excluding hydrogens is 365 g/mol. The largest absolute Gasteiger partial charge is 0.385 e. The van der Waals surface area contributed by atoms with E-state index in [-0.39, 0.29) is 22.8 Å². The molecule has 0 aliphatic carbocycles. The molecule has 2 atom stereocenters. The third-order valence-corrected chi connectivity index (χ3v) is 5.21. The third kappa shape index (κ3) is 4.47. The first-order chi connectivity index (χ1) is 13.5. The van der Waals surface area contributed by atoms with Gasteiger partial charge in [-0.1, -0.05) is 36.4 Å². The molecule has 1 saturated heterocycles. The number of hydrogen-bond acceptors (Lipinski definition) is 2. The first-order valence-electron chi connectivity index (χ1n) is 9.56. The van der Waals surface area contributed by atoms with Crippen molar-refractivity contribution >= 4 is 6.08 Å². The van der Waals surface area contributed by atoms with Crippen LogP contribution in [-0.4, -0.2) is 20.3 Å². The van der Waals surface area contributed by atoms with Gasteiger partial charge in [0.2, 0.25) is 0 Å². The van der Waals surface area contributed by atoms with Crippen molar-refractivity contribution in [2.45, 2.75) is 32.3 Å². The van der Waals surface area contributed by atoms with Gasteiger partial charge < -0.3 is 9.47 Å². The predicted molar refractivity (Wildman–Crippen MR) is 104 cm³/mol. The molecule has 1 aliphatic heterocycles. The summed E-state index contributed by atoms with van der Waals surface area (Å²) in [5.41, 5.74) is 0.817.